The zero-order chi connectivity index (χ0) is 21.1. The molecule has 0 saturated carbocycles. The van der Waals surface area contributed by atoms with E-state index in [1.54, 1.807) is 36.4 Å². The Hall–Kier alpha value is -2.64. The molecule has 150 valence electrons. The highest BCUT2D eigenvalue weighted by Gasteiger charge is 2.37. The number of aryl methyl sites for hydroxylation is 1. The number of nitrogens with zero attached hydrogens (tertiary/aromatic N) is 1. The first-order valence-corrected chi connectivity index (χ1v) is 10.1. The number of imide groups is 2. The van der Waals surface area contributed by atoms with Gasteiger partial charge in [-0.2, -0.15) is 0 Å². The maximum atomic E-state index is 13.0. The lowest BCUT2D eigenvalue weighted by Gasteiger charge is -2.27. The van der Waals surface area contributed by atoms with Crippen LogP contribution in [0.1, 0.15) is 24.5 Å². The summed E-state index contributed by atoms with van der Waals surface area (Å²) in [6.45, 7) is 4.28. The Morgan fingerprint density at radius 1 is 1.17 bits per heavy atom. The van der Waals surface area contributed by atoms with Crippen molar-refractivity contribution in [3.05, 3.63) is 62.6 Å². The molecule has 0 bridgehead atoms. The summed E-state index contributed by atoms with van der Waals surface area (Å²) in [5.74, 6) is -0.999. The topological polar surface area (TPSA) is 75.7 Å². The molecule has 2 aromatic rings. The van der Waals surface area contributed by atoms with E-state index in [0.717, 1.165) is 21.4 Å². The fraction of sp³-hybridized carbons (Fsp3) is 0.190. The Kier molecular flexibility index (Phi) is 6.39. The normalized spacial score (nSPS) is 15.7. The Labute approximate surface area is 181 Å². The molecule has 2 aromatic carbocycles. The number of hydrogen-bond donors (Lipinski definition) is 1. The smallest absolute Gasteiger partial charge is 0.335 e. The number of carbonyl (C=O) groups excluding carboxylic acids is 3. The summed E-state index contributed by atoms with van der Waals surface area (Å²) in [5, 5.41) is 2.64. The van der Waals surface area contributed by atoms with Gasteiger partial charge in [-0.3, -0.25) is 14.9 Å². The van der Waals surface area contributed by atoms with Gasteiger partial charge in [0, 0.05) is 15.1 Å². The van der Waals surface area contributed by atoms with Crippen molar-refractivity contribution in [2.75, 3.05) is 11.5 Å². The molecule has 0 aromatic heterocycles. The third kappa shape index (κ3) is 4.52. The Bertz CT molecular complexity index is 1040. The zero-order valence-corrected chi connectivity index (χ0v) is 18.1. The van der Waals surface area contributed by atoms with Crippen LogP contribution in [0.4, 0.5) is 10.5 Å². The van der Waals surface area contributed by atoms with Gasteiger partial charge < -0.3 is 4.74 Å². The third-order valence-corrected chi connectivity index (χ3v) is 5.36. The minimum absolute atomic E-state index is 0.186. The minimum Gasteiger partial charge on any atom is -0.493 e. The Morgan fingerprint density at radius 3 is 2.62 bits per heavy atom. The van der Waals surface area contributed by atoms with Crippen LogP contribution in [0, 0.1) is 6.92 Å². The molecule has 0 radical (unpaired) electrons. The quantitative estimate of drug-likeness (QED) is 0.493. The molecule has 0 atom stereocenters. The maximum Gasteiger partial charge on any atom is 0.335 e. The number of ether oxygens (including phenoxy) is 1. The number of anilines is 1. The number of benzene rings is 2. The largest absolute Gasteiger partial charge is 0.493 e. The SMILES string of the molecule is CCCOc1ccc(Cl)cc1/C=C1/C(=O)NC(=O)N(c2ccc(Br)c(C)c2)C1=O. The van der Waals surface area contributed by atoms with Gasteiger partial charge in [0.15, 0.2) is 0 Å². The van der Waals surface area contributed by atoms with Crippen LogP contribution >= 0.6 is 27.5 Å². The summed E-state index contributed by atoms with van der Waals surface area (Å²) in [6.07, 6.45) is 2.18. The van der Waals surface area contributed by atoms with E-state index in [1.807, 2.05) is 13.8 Å². The molecule has 3 rings (SSSR count). The second-order valence-corrected chi connectivity index (χ2v) is 7.71. The van der Waals surface area contributed by atoms with Gasteiger partial charge in [0.05, 0.1) is 12.3 Å². The number of barbiturate groups is 1. The van der Waals surface area contributed by atoms with Crippen molar-refractivity contribution in [3.63, 3.8) is 0 Å². The van der Waals surface area contributed by atoms with Crippen molar-refractivity contribution in [1.29, 1.82) is 0 Å². The highest BCUT2D eigenvalue weighted by Crippen LogP contribution is 2.29. The van der Waals surface area contributed by atoms with Crippen LogP contribution in [0.5, 0.6) is 5.75 Å². The third-order valence-electron chi connectivity index (χ3n) is 4.23. The van der Waals surface area contributed by atoms with E-state index in [9.17, 15) is 14.4 Å². The van der Waals surface area contributed by atoms with Crippen molar-refractivity contribution >= 4 is 57.1 Å². The predicted molar refractivity (Wildman–Crippen MR) is 115 cm³/mol. The summed E-state index contributed by atoms with van der Waals surface area (Å²) in [4.78, 5) is 38.7. The van der Waals surface area contributed by atoms with E-state index in [2.05, 4.69) is 21.2 Å². The maximum absolute atomic E-state index is 13.0. The summed E-state index contributed by atoms with van der Waals surface area (Å²) >= 11 is 9.47. The number of amides is 4. The Morgan fingerprint density at radius 2 is 1.93 bits per heavy atom. The van der Waals surface area contributed by atoms with Crippen molar-refractivity contribution in [1.82, 2.24) is 5.32 Å². The van der Waals surface area contributed by atoms with Gasteiger partial charge in [-0.05, 0) is 61.4 Å². The number of urea groups is 1. The van der Waals surface area contributed by atoms with Crippen LogP contribution in [-0.4, -0.2) is 24.5 Å². The van der Waals surface area contributed by atoms with Gasteiger partial charge in [0.1, 0.15) is 11.3 Å². The van der Waals surface area contributed by atoms with Crippen LogP contribution in [0.2, 0.25) is 5.02 Å². The molecule has 1 fully saturated rings. The molecule has 1 aliphatic rings. The van der Waals surface area contributed by atoms with Crippen LogP contribution in [0.15, 0.2) is 46.4 Å². The molecular weight excluding hydrogens is 460 g/mol. The standard InChI is InChI=1S/C21H18BrClN2O4/c1-3-8-29-18-7-4-14(23)10-13(18)11-16-19(26)24-21(28)25(20(16)27)15-5-6-17(22)12(2)9-15/h4-7,9-11H,3,8H2,1-2H3,(H,24,26,28)/b16-11-. The molecule has 0 aliphatic carbocycles. The molecular formula is C21H18BrClN2O4. The number of halogens is 2. The summed E-state index contributed by atoms with van der Waals surface area (Å²) in [7, 11) is 0. The fourth-order valence-electron chi connectivity index (χ4n) is 2.79. The highest BCUT2D eigenvalue weighted by atomic mass is 79.9. The molecule has 8 heteroatoms. The van der Waals surface area contributed by atoms with E-state index in [0.29, 0.717) is 28.6 Å². The molecule has 4 amide bonds. The van der Waals surface area contributed by atoms with Crippen LogP contribution < -0.4 is 15.0 Å². The first-order chi connectivity index (χ1) is 13.8. The van der Waals surface area contributed by atoms with Crippen LogP contribution in [0.3, 0.4) is 0 Å². The molecule has 1 saturated heterocycles. The van der Waals surface area contributed by atoms with E-state index >= 15 is 0 Å². The molecule has 1 heterocycles. The van der Waals surface area contributed by atoms with E-state index in [4.69, 9.17) is 16.3 Å². The molecule has 29 heavy (non-hydrogen) atoms. The van der Waals surface area contributed by atoms with Gasteiger partial charge in [-0.25, -0.2) is 9.69 Å². The number of carbonyl (C=O) groups is 3. The number of rotatable bonds is 5. The summed E-state index contributed by atoms with van der Waals surface area (Å²) < 4.78 is 6.53. The molecule has 0 unspecified atom stereocenters. The summed E-state index contributed by atoms with van der Waals surface area (Å²) in [5.41, 5.74) is 1.50. The van der Waals surface area contributed by atoms with Crippen LogP contribution in [-0.2, 0) is 9.59 Å². The number of nitrogens with one attached hydrogen (secondary N) is 1. The Balaban J connectivity index is 2.04. The van der Waals surface area contributed by atoms with Crippen molar-refractivity contribution < 1.29 is 19.1 Å². The van der Waals surface area contributed by atoms with Gasteiger partial charge in [0.25, 0.3) is 11.8 Å². The van der Waals surface area contributed by atoms with Gasteiger partial charge in [-0.1, -0.05) is 34.5 Å². The summed E-state index contributed by atoms with van der Waals surface area (Å²) in [6, 6.07) is 9.19. The lowest BCUT2D eigenvalue weighted by molar-refractivity contribution is -0.122. The predicted octanol–water partition coefficient (Wildman–Crippen LogP) is 4.87. The van der Waals surface area contributed by atoms with Gasteiger partial charge in [-0.15, -0.1) is 0 Å². The van der Waals surface area contributed by atoms with Crippen molar-refractivity contribution in [2.24, 2.45) is 0 Å². The average molecular weight is 478 g/mol. The average Bonchev–Trinajstić information content (AvgIpc) is 2.67. The highest BCUT2D eigenvalue weighted by molar-refractivity contribution is 9.10. The van der Waals surface area contributed by atoms with Gasteiger partial charge >= 0.3 is 6.03 Å². The zero-order valence-electron chi connectivity index (χ0n) is 15.8. The molecule has 6 nitrogen and oxygen atoms in total. The monoisotopic (exact) mass is 476 g/mol. The van der Waals surface area contributed by atoms with E-state index in [1.165, 1.54) is 6.08 Å². The van der Waals surface area contributed by atoms with Gasteiger partial charge in [0.2, 0.25) is 0 Å². The van der Waals surface area contributed by atoms with E-state index in [-0.39, 0.29) is 5.57 Å². The molecule has 0 spiro atoms. The minimum atomic E-state index is -0.799. The first kappa shape index (κ1) is 21.1. The fourth-order valence-corrected chi connectivity index (χ4v) is 3.22. The molecule has 1 N–H and O–H groups in total. The lowest BCUT2D eigenvalue weighted by atomic mass is 10.1. The number of hydrogen-bond acceptors (Lipinski definition) is 4. The molecule has 1 aliphatic heterocycles. The lowest BCUT2D eigenvalue weighted by Crippen LogP contribution is -2.54. The van der Waals surface area contributed by atoms with E-state index < -0.39 is 17.8 Å². The second kappa shape index (κ2) is 8.80. The second-order valence-electron chi connectivity index (χ2n) is 6.42. The first-order valence-electron chi connectivity index (χ1n) is 8.91. The van der Waals surface area contributed by atoms with Crippen molar-refractivity contribution in [3.8, 4) is 5.75 Å². The van der Waals surface area contributed by atoms with Crippen molar-refractivity contribution in [2.45, 2.75) is 20.3 Å². The van der Waals surface area contributed by atoms with Crippen LogP contribution in [0.25, 0.3) is 6.08 Å².